The van der Waals surface area contributed by atoms with E-state index in [9.17, 15) is 0 Å². The second-order valence-electron chi connectivity index (χ2n) is 4.39. The number of benzene rings is 1. The van der Waals surface area contributed by atoms with Crippen LogP contribution in [0.15, 0.2) is 22.7 Å². The molecule has 3 rings (SSSR count). The third-order valence-electron chi connectivity index (χ3n) is 3.20. The molecule has 1 saturated heterocycles. The van der Waals surface area contributed by atoms with Crippen molar-refractivity contribution in [2.45, 2.75) is 25.5 Å². The molecule has 0 aliphatic carbocycles. The van der Waals surface area contributed by atoms with E-state index >= 15 is 0 Å². The van der Waals surface area contributed by atoms with Crippen LogP contribution in [0.25, 0.3) is 10.9 Å². The van der Waals surface area contributed by atoms with Crippen molar-refractivity contribution in [2.75, 3.05) is 6.61 Å². The Kier molecular flexibility index (Phi) is 3.06. The van der Waals surface area contributed by atoms with Crippen molar-refractivity contribution in [3.8, 4) is 6.07 Å². The van der Waals surface area contributed by atoms with Gasteiger partial charge < -0.3 is 4.74 Å². The number of fused-ring (bicyclic) bond motifs is 1. The average molecular weight is 306 g/mol. The number of halogens is 1. The Hall–Kier alpha value is -1.38. The smallest absolute Gasteiger partial charge is 0.170 e. The highest BCUT2D eigenvalue weighted by atomic mass is 79.9. The molecule has 0 bridgehead atoms. The molecule has 1 aliphatic heterocycles. The van der Waals surface area contributed by atoms with Gasteiger partial charge in [-0.1, -0.05) is 15.9 Å². The van der Waals surface area contributed by atoms with E-state index in [1.165, 1.54) is 0 Å². The molecule has 0 N–H and O–H groups in total. The Labute approximate surface area is 113 Å². The van der Waals surface area contributed by atoms with Crippen molar-refractivity contribution >= 4 is 26.8 Å². The molecule has 0 saturated carbocycles. The predicted octanol–water partition coefficient (Wildman–Crippen LogP) is 3.37. The second-order valence-corrected chi connectivity index (χ2v) is 5.30. The van der Waals surface area contributed by atoms with Crippen LogP contribution in [0.4, 0.5) is 0 Å². The third kappa shape index (κ3) is 1.92. The predicted molar refractivity (Wildman–Crippen MR) is 71.0 cm³/mol. The molecule has 1 atom stereocenters. The Morgan fingerprint density at radius 2 is 2.33 bits per heavy atom. The minimum Gasteiger partial charge on any atom is -0.356 e. The van der Waals surface area contributed by atoms with Crippen molar-refractivity contribution in [2.24, 2.45) is 0 Å². The highest BCUT2D eigenvalue weighted by molar-refractivity contribution is 9.10. The molecule has 2 heterocycles. The SMILES string of the molecule is N#Cc1nn([C@@H]2CCCCO2)c2ccc(Br)cc12. The quantitative estimate of drug-likeness (QED) is 0.811. The lowest BCUT2D eigenvalue weighted by molar-refractivity contribution is -0.0367. The van der Waals surface area contributed by atoms with Crippen LogP contribution in [0, 0.1) is 11.3 Å². The largest absolute Gasteiger partial charge is 0.356 e. The lowest BCUT2D eigenvalue weighted by Gasteiger charge is -2.23. The molecule has 2 aromatic rings. The highest BCUT2D eigenvalue weighted by Gasteiger charge is 2.20. The van der Waals surface area contributed by atoms with Crippen LogP contribution in [0.1, 0.15) is 31.2 Å². The molecule has 0 amide bonds. The first-order valence-electron chi connectivity index (χ1n) is 5.99. The van der Waals surface area contributed by atoms with Crippen LogP contribution in [-0.2, 0) is 4.74 Å². The van der Waals surface area contributed by atoms with Gasteiger partial charge in [0.15, 0.2) is 11.9 Å². The normalized spacial score (nSPS) is 19.9. The standard InChI is InChI=1S/C13H12BrN3O/c14-9-4-5-12-10(7-9)11(8-15)16-17(12)13-3-1-2-6-18-13/h4-5,7,13H,1-3,6H2/t13-/m0/s1. The summed E-state index contributed by atoms with van der Waals surface area (Å²) in [5, 5.41) is 14.4. The zero-order valence-corrected chi connectivity index (χ0v) is 11.4. The van der Waals surface area contributed by atoms with Crippen LogP contribution in [0.2, 0.25) is 0 Å². The van der Waals surface area contributed by atoms with Gasteiger partial charge in [0.05, 0.1) is 5.52 Å². The molecule has 1 fully saturated rings. The number of nitriles is 1. The number of aromatic nitrogens is 2. The number of rotatable bonds is 1. The molecular formula is C13H12BrN3O. The molecule has 18 heavy (non-hydrogen) atoms. The fourth-order valence-corrected chi connectivity index (χ4v) is 2.69. The molecule has 0 unspecified atom stereocenters. The minimum atomic E-state index is -0.0375. The average Bonchev–Trinajstić information content (AvgIpc) is 2.77. The molecule has 1 aromatic heterocycles. The summed E-state index contributed by atoms with van der Waals surface area (Å²) in [5.41, 5.74) is 1.42. The molecule has 5 heteroatoms. The first kappa shape index (κ1) is 11.7. The summed E-state index contributed by atoms with van der Waals surface area (Å²) in [6, 6.07) is 8.02. The van der Waals surface area contributed by atoms with E-state index in [2.05, 4.69) is 27.1 Å². The Balaban J connectivity index is 2.14. The van der Waals surface area contributed by atoms with Crippen molar-refractivity contribution in [1.29, 1.82) is 5.26 Å². The lowest BCUT2D eigenvalue weighted by atomic mass is 10.2. The zero-order valence-electron chi connectivity index (χ0n) is 9.77. The summed E-state index contributed by atoms with van der Waals surface area (Å²) < 4.78 is 8.54. The van der Waals surface area contributed by atoms with Gasteiger partial charge in [0.25, 0.3) is 0 Å². The summed E-state index contributed by atoms with van der Waals surface area (Å²) in [6.45, 7) is 0.768. The minimum absolute atomic E-state index is 0.0375. The van der Waals surface area contributed by atoms with Gasteiger partial charge in [-0.3, -0.25) is 0 Å². The maximum atomic E-state index is 9.16. The molecule has 0 spiro atoms. The number of nitrogens with zero attached hydrogens (tertiary/aromatic N) is 3. The van der Waals surface area contributed by atoms with Gasteiger partial charge in [-0.15, -0.1) is 0 Å². The molecular weight excluding hydrogens is 294 g/mol. The van der Waals surface area contributed by atoms with E-state index in [0.717, 1.165) is 41.2 Å². The monoisotopic (exact) mass is 305 g/mol. The molecule has 4 nitrogen and oxygen atoms in total. The van der Waals surface area contributed by atoms with Gasteiger partial charge in [0.1, 0.15) is 6.07 Å². The van der Waals surface area contributed by atoms with Crippen molar-refractivity contribution in [3.63, 3.8) is 0 Å². The number of hydrogen-bond donors (Lipinski definition) is 0. The van der Waals surface area contributed by atoms with Gasteiger partial charge in [0.2, 0.25) is 0 Å². The van der Waals surface area contributed by atoms with E-state index in [1.807, 2.05) is 22.9 Å². The van der Waals surface area contributed by atoms with Gasteiger partial charge in [0, 0.05) is 16.5 Å². The van der Waals surface area contributed by atoms with Crippen LogP contribution >= 0.6 is 15.9 Å². The first-order chi connectivity index (χ1) is 8.79. The van der Waals surface area contributed by atoms with E-state index in [0.29, 0.717) is 5.69 Å². The van der Waals surface area contributed by atoms with Gasteiger partial charge >= 0.3 is 0 Å². The third-order valence-corrected chi connectivity index (χ3v) is 3.70. The van der Waals surface area contributed by atoms with Crippen LogP contribution in [0.5, 0.6) is 0 Å². The molecule has 1 aliphatic rings. The Morgan fingerprint density at radius 3 is 3.06 bits per heavy atom. The topological polar surface area (TPSA) is 50.8 Å². The van der Waals surface area contributed by atoms with E-state index in [4.69, 9.17) is 10.00 Å². The maximum Gasteiger partial charge on any atom is 0.170 e. The van der Waals surface area contributed by atoms with Gasteiger partial charge in [-0.05, 0) is 37.5 Å². The summed E-state index contributed by atoms with van der Waals surface area (Å²) >= 11 is 3.42. The van der Waals surface area contributed by atoms with Crippen LogP contribution < -0.4 is 0 Å². The van der Waals surface area contributed by atoms with Crippen LogP contribution in [0.3, 0.4) is 0 Å². The van der Waals surface area contributed by atoms with Crippen molar-refractivity contribution in [1.82, 2.24) is 9.78 Å². The first-order valence-corrected chi connectivity index (χ1v) is 6.78. The Bertz CT molecular complexity index is 623. The number of ether oxygens (including phenoxy) is 1. The highest BCUT2D eigenvalue weighted by Crippen LogP contribution is 2.29. The summed E-state index contributed by atoms with van der Waals surface area (Å²) in [6.07, 6.45) is 3.17. The molecule has 1 aromatic carbocycles. The van der Waals surface area contributed by atoms with Crippen LogP contribution in [-0.4, -0.2) is 16.4 Å². The summed E-state index contributed by atoms with van der Waals surface area (Å²) in [4.78, 5) is 0. The summed E-state index contributed by atoms with van der Waals surface area (Å²) in [7, 11) is 0. The fourth-order valence-electron chi connectivity index (χ4n) is 2.33. The van der Waals surface area contributed by atoms with Gasteiger partial charge in [-0.25, -0.2) is 4.68 Å². The Morgan fingerprint density at radius 1 is 1.44 bits per heavy atom. The maximum absolute atomic E-state index is 9.16. The van der Waals surface area contributed by atoms with Crippen molar-refractivity contribution in [3.05, 3.63) is 28.4 Å². The zero-order chi connectivity index (χ0) is 12.5. The fraction of sp³-hybridized carbons (Fsp3) is 0.385. The number of hydrogen-bond acceptors (Lipinski definition) is 3. The van der Waals surface area contributed by atoms with E-state index in [-0.39, 0.29) is 6.23 Å². The molecule has 92 valence electrons. The van der Waals surface area contributed by atoms with E-state index < -0.39 is 0 Å². The molecule has 0 radical (unpaired) electrons. The van der Waals surface area contributed by atoms with Gasteiger partial charge in [-0.2, -0.15) is 10.4 Å². The lowest BCUT2D eigenvalue weighted by Crippen LogP contribution is -2.19. The van der Waals surface area contributed by atoms with E-state index in [1.54, 1.807) is 0 Å². The summed E-state index contributed by atoms with van der Waals surface area (Å²) in [5.74, 6) is 0. The van der Waals surface area contributed by atoms with Crippen molar-refractivity contribution < 1.29 is 4.74 Å². The second kappa shape index (κ2) is 4.71.